The van der Waals surface area contributed by atoms with E-state index in [-0.39, 0.29) is 0 Å². The van der Waals surface area contributed by atoms with E-state index in [1.807, 2.05) is 11.3 Å². The van der Waals surface area contributed by atoms with Gasteiger partial charge in [0.05, 0.1) is 5.69 Å². The lowest BCUT2D eigenvalue weighted by Crippen LogP contribution is -2.25. The van der Waals surface area contributed by atoms with Crippen molar-refractivity contribution in [1.29, 1.82) is 0 Å². The molecule has 0 atom stereocenters. The molecule has 3 rings (SSSR count). The topological polar surface area (TPSA) is 16.1 Å². The molecule has 0 amide bonds. The summed E-state index contributed by atoms with van der Waals surface area (Å²) in [5, 5.41) is 1.15. The molecule has 0 saturated heterocycles. The van der Waals surface area contributed by atoms with E-state index >= 15 is 0 Å². The number of benzene rings is 1. The Morgan fingerprint density at radius 1 is 1.29 bits per heavy atom. The van der Waals surface area contributed by atoms with E-state index in [0.717, 1.165) is 29.0 Å². The van der Waals surface area contributed by atoms with Crippen LogP contribution < -0.4 is 0 Å². The van der Waals surface area contributed by atoms with Crippen molar-refractivity contribution in [2.75, 3.05) is 13.6 Å². The predicted octanol–water partition coefficient (Wildman–Crippen LogP) is 3.56. The second kappa shape index (κ2) is 4.52. The molecule has 0 saturated carbocycles. The van der Waals surface area contributed by atoms with Gasteiger partial charge in [-0.2, -0.15) is 0 Å². The van der Waals surface area contributed by atoms with Crippen molar-refractivity contribution < 1.29 is 0 Å². The highest BCUT2D eigenvalue weighted by molar-refractivity contribution is 9.10. The molecule has 88 valence electrons. The van der Waals surface area contributed by atoms with Crippen molar-refractivity contribution in [3.8, 4) is 10.6 Å². The van der Waals surface area contributed by atoms with E-state index in [0.29, 0.717) is 0 Å². The molecule has 17 heavy (non-hydrogen) atoms. The maximum absolute atomic E-state index is 4.76. The van der Waals surface area contributed by atoms with Gasteiger partial charge >= 0.3 is 0 Å². The number of fused-ring (bicyclic) bond motifs is 1. The van der Waals surface area contributed by atoms with Gasteiger partial charge in [0.1, 0.15) is 5.01 Å². The fraction of sp³-hybridized carbons (Fsp3) is 0.308. The van der Waals surface area contributed by atoms with Crippen LogP contribution in [0.1, 0.15) is 10.6 Å². The highest BCUT2D eigenvalue weighted by Crippen LogP contribution is 2.31. The summed E-state index contributed by atoms with van der Waals surface area (Å²) < 4.78 is 1.11. The Hall–Kier alpha value is -0.710. The minimum absolute atomic E-state index is 1.05. The van der Waals surface area contributed by atoms with Gasteiger partial charge in [0, 0.05) is 34.4 Å². The van der Waals surface area contributed by atoms with Gasteiger partial charge in [0.15, 0.2) is 0 Å². The third-order valence-electron chi connectivity index (χ3n) is 3.01. The lowest BCUT2D eigenvalue weighted by molar-refractivity contribution is 0.314. The zero-order valence-electron chi connectivity index (χ0n) is 9.61. The Labute approximate surface area is 113 Å². The molecular weight excluding hydrogens is 296 g/mol. The number of hydrogen-bond acceptors (Lipinski definition) is 3. The molecular formula is C13H13BrN2S. The monoisotopic (exact) mass is 308 g/mol. The molecule has 0 fully saturated rings. The molecule has 0 spiro atoms. The SMILES string of the molecule is CN1CCc2nc(-c3ccc(Br)cc3)sc2C1. The van der Waals surface area contributed by atoms with Gasteiger partial charge in [0.25, 0.3) is 0 Å². The quantitative estimate of drug-likeness (QED) is 0.801. The lowest BCUT2D eigenvalue weighted by Gasteiger charge is -2.20. The van der Waals surface area contributed by atoms with Crippen molar-refractivity contribution >= 4 is 27.3 Å². The first-order chi connectivity index (χ1) is 8.22. The van der Waals surface area contributed by atoms with E-state index in [9.17, 15) is 0 Å². The molecule has 0 bridgehead atoms. The second-order valence-electron chi connectivity index (χ2n) is 4.38. The van der Waals surface area contributed by atoms with Crippen molar-refractivity contribution in [2.24, 2.45) is 0 Å². The Kier molecular flexibility index (Phi) is 3.03. The average Bonchev–Trinajstić information content (AvgIpc) is 2.72. The molecule has 2 aromatic rings. The number of halogens is 1. The van der Waals surface area contributed by atoms with E-state index in [1.54, 1.807) is 0 Å². The standard InChI is InChI=1S/C13H13BrN2S/c1-16-7-6-11-12(8-16)17-13(15-11)9-2-4-10(14)5-3-9/h2-5H,6-8H2,1H3. The molecule has 1 aliphatic heterocycles. The molecule has 2 heterocycles. The first-order valence-electron chi connectivity index (χ1n) is 5.65. The van der Waals surface area contributed by atoms with Crippen LogP contribution in [0.4, 0.5) is 0 Å². The van der Waals surface area contributed by atoms with Crippen LogP contribution in [-0.2, 0) is 13.0 Å². The summed E-state index contributed by atoms with van der Waals surface area (Å²) in [5.74, 6) is 0. The number of aromatic nitrogens is 1. The Bertz CT molecular complexity index is 533. The van der Waals surface area contributed by atoms with E-state index in [1.165, 1.54) is 16.1 Å². The van der Waals surface area contributed by atoms with Gasteiger partial charge in [-0.3, -0.25) is 0 Å². The number of nitrogens with zero attached hydrogens (tertiary/aromatic N) is 2. The molecule has 0 N–H and O–H groups in total. The largest absolute Gasteiger partial charge is 0.301 e. The summed E-state index contributed by atoms with van der Waals surface area (Å²) in [4.78, 5) is 8.54. The van der Waals surface area contributed by atoms with Crippen molar-refractivity contribution in [3.05, 3.63) is 39.3 Å². The maximum atomic E-state index is 4.76. The Morgan fingerprint density at radius 2 is 2.06 bits per heavy atom. The zero-order chi connectivity index (χ0) is 11.8. The van der Waals surface area contributed by atoms with Crippen LogP contribution in [-0.4, -0.2) is 23.5 Å². The summed E-state index contributed by atoms with van der Waals surface area (Å²) in [7, 11) is 2.17. The number of thiazole rings is 1. The molecule has 1 aromatic heterocycles. The highest BCUT2D eigenvalue weighted by Gasteiger charge is 2.18. The molecule has 1 aromatic carbocycles. The number of rotatable bonds is 1. The van der Waals surface area contributed by atoms with Crippen molar-refractivity contribution in [1.82, 2.24) is 9.88 Å². The summed E-state index contributed by atoms with van der Waals surface area (Å²) in [6, 6.07) is 8.39. The van der Waals surface area contributed by atoms with Crippen molar-refractivity contribution in [3.63, 3.8) is 0 Å². The van der Waals surface area contributed by atoms with Crippen LogP contribution in [0.15, 0.2) is 28.7 Å². The van der Waals surface area contributed by atoms with Crippen LogP contribution in [0.3, 0.4) is 0 Å². The Balaban J connectivity index is 1.97. The number of likely N-dealkylation sites (N-methyl/N-ethyl adjacent to an activating group) is 1. The summed E-state index contributed by atoms with van der Waals surface area (Å²) in [6.07, 6.45) is 1.08. The van der Waals surface area contributed by atoms with Crippen LogP contribution in [0.5, 0.6) is 0 Å². The first-order valence-corrected chi connectivity index (χ1v) is 7.26. The third kappa shape index (κ3) is 2.30. The van der Waals surface area contributed by atoms with E-state index in [4.69, 9.17) is 4.98 Å². The normalized spacial score (nSPS) is 15.9. The zero-order valence-corrected chi connectivity index (χ0v) is 12.0. The number of hydrogen-bond donors (Lipinski definition) is 0. The van der Waals surface area contributed by atoms with Gasteiger partial charge in [0.2, 0.25) is 0 Å². The lowest BCUT2D eigenvalue weighted by atomic mass is 10.2. The van der Waals surface area contributed by atoms with Crippen LogP contribution in [0.2, 0.25) is 0 Å². The minimum atomic E-state index is 1.05. The fourth-order valence-corrected chi connectivity index (χ4v) is 3.50. The fourth-order valence-electron chi connectivity index (χ4n) is 2.04. The minimum Gasteiger partial charge on any atom is -0.301 e. The summed E-state index contributed by atoms with van der Waals surface area (Å²) in [6.45, 7) is 2.17. The van der Waals surface area contributed by atoms with Gasteiger partial charge in [-0.15, -0.1) is 11.3 Å². The van der Waals surface area contributed by atoms with Gasteiger partial charge < -0.3 is 4.90 Å². The van der Waals surface area contributed by atoms with Crippen LogP contribution in [0.25, 0.3) is 10.6 Å². The molecule has 1 aliphatic rings. The average molecular weight is 309 g/mol. The molecule has 0 unspecified atom stereocenters. The van der Waals surface area contributed by atoms with Crippen LogP contribution >= 0.6 is 27.3 Å². The molecule has 2 nitrogen and oxygen atoms in total. The van der Waals surface area contributed by atoms with E-state index < -0.39 is 0 Å². The van der Waals surface area contributed by atoms with Gasteiger partial charge in [-0.25, -0.2) is 4.98 Å². The second-order valence-corrected chi connectivity index (χ2v) is 6.38. The van der Waals surface area contributed by atoms with Crippen LogP contribution in [0, 0.1) is 0 Å². The van der Waals surface area contributed by atoms with Gasteiger partial charge in [-0.05, 0) is 19.2 Å². The molecule has 4 heteroatoms. The summed E-state index contributed by atoms with van der Waals surface area (Å²) >= 11 is 5.29. The summed E-state index contributed by atoms with van der Waals surface area (Å²) in [5.41, 5.74) is 2.52. The van der Waals surface area contributed by atoms with Crippen molar-refractivity contribution in [2.45, 2.75) is 13.0 Å². The van der Waals surface area contributed by atoms with E-state index in [2.05, 4.69) is 52.1 Å². The molecule has 0 aliphatic carbocycles. The first kappa shape index (κ1) is 11.4. The van der Waals surface area contributed by atoms with Gasteiger partial charge in [-0.1, -0.05) is 28.1 Å². The third-order valence-corrected chi connectivity index (χ3v) is 4.67. The highest BCUT2D eigenvalue weighted by atomic mass is 79.9. The maximum Gasteiger partial charge on any atom is 0.123 e. The molecule has 0 radical (unpaired) electrons. The predicted molar refractivity (Wildman–Crippen MR) is 75.3 cm³/mol. The Morgan fingerprint density at radius 3 is 2.82 bits per heavy atom. The smallest absolute Gasteiger partial charge is 0.123 e.